The van der Waals surface area contributed by atoms with Crippen LogP contribution in [0.2, 0.25) is 5.02 Å². The number of sulfone groups is 1. The summed E-state index contributed by atoms with van der Waals surface area (Å²) in [6.07, 6.45) is 1.22. The number of carbonyl (C=O) groups is 2. The average molecular weight is 575 g/mol. The van der Waals surface area contributed by atoms with E-state index < -0.39 is 67.9 Å². The summed E-state index contributed by atoms with van der Waals surface area (Å²) < 4.78 is 72.9. The van der Waals surface area contributed by atoms with E-state index in [-0.39, 0.29) is 40.6 Å². The number of fused-ring (bicyclic) bond motifs is 2. The fourth-order valence-corrected chi connectivity index (χ4v) is 8.28. The summed E-state index contributed by atoms with van der Waals surface area (Å²) in [4.78, 5) is 24.2. The first kappa shape index (κ1) is 28.3. The van der Waals surface area contributed by atoms with Gasteiger partial charge in [-0.05, 0) is 62.6 Å². The molecule has 2 saturated carbocycles. The highest BCUT2D eigenvalue weighted by molar-refractivity contribution is 7.92. The lowest BCUT2D eigenvalue weighted by Crippen LogP contribution is -2.49. The molecule has 0 saturated heterocycles. The van der Waals surface area contributed by atoms with E-state index in [4.69, 9.17) is 22.1 Å². The van der Waals surface area contributed by atoms with Gasteiger partial charge >= 0.3 is 5.97 Å². The second kappa shape index (κ2) is 10.5. The monoisotopic (exact) mass is 574 g/mol. The number of carbonyl (C=O) groups excluding carboxylic acids is 2. The molecule has 0 radical (unpaired) electrons. The van der Waals surface area contributed by atoms with Crippen LogP contribution < -0.4 is 11.1 Å². The van der Waals surface area contributed by atoms with Crippen LogP contribution in [0, 0.1) is 29.3 Å². The Balaban J connectivity index is 1.55. The molecule has 4 rings (SSSR count). The lowest BCUT2D eigenvalue weighted by Gasteiger charge is -2.40. The first-order valence-electron chi connectivity index (χ1n) is 11.9. The highest BCUT2D eigenvalue weighted by atomic mass is 35.5. The zero-order valence-corrected chi connectivity index (χ0v) is 21.8. The number of hydrogen-bond donors (Lipinski definition) is 3. The zero-order chi connectivity index (χ0) is 28.0. The van der Waals surface area contributed by atoms with Crippen molar-refractivity contribution in [2.75, 3.05) is 11.9 Å². The van der Waals surface area contributed by atoms with Crippen molar-refractivity contribution in [3.63, 3.8) is 0 Å². The van der Waals surface area contributed by atoms with Gasteiger partial charge < -0.3 is 20.9 Å². The summed E-state index contributed by atoms with van der Waals surface area (Å²) in [5.74, 6) is -7.15. The minimum atomic E-state index is -4.09. The van der Waals surface area contributed by atoms with Crippen LogP contribution in [0.4, 0.5) is 18.9 Å². The average Bonchev–Trinajstić information content (AvgIpc) is 3.14. The van der Waals surface area contributed by atoms with E-state index in [0.29, 0.717) is 25.0 Å². The molecule has 0 spiro atoms. The molecule has 0 aliphatic heterocycles. The summed E-state index contributed by atoms with van der Waals surface area (Å²) in [6, 6.07) is 3.87. The van der Waals surface area contributed by atoms with Gasteiger partial charge in [-0.25, -0.2) is 21.6 Å². The smallest absolute Gasteiger partial charge is 0.322 e. The summed E-state index contributed by atoms with van der Waals surface area (Å²) >= 11 is 6.24. The Labute approximate surface area is 222 Å². The number of rotatable bonds is 7. The van der Waals surface area contributed by atoms with Crippen LogP contribution in [-0.2, 0) is 19.4 Å². The molecule has 206 valence electrons. The minimum Gasteiger partial charge on any atom is -0.461 e. The highest BCUT2D eigenvalue weighted by Gasteiger charge is 2.54. The van der Waals surface area contributed by atoms with Crippen molar-refractivity contribution in [2.45, 2.75) is 54.4 Å². The molecular weight excluding hydrogens is 549 g/mol. The van der Waals surface area contributed by atoms with E-state index in [9.17, 15) is 36.3 Å². The van der Waals surface area contributed by atoms with Gasteiger partial charge in [-0.2, -0.15) is 0 Å². The Morgan fingerprint density at radius 3 is 2.29 bits per heavy atom. The molecule has 0 aromatic heterocycles. The quantitative estimate of drug-likeness (QED) is 0.340. The van der Waals surface area contributed by atoms with Crippen LogP contribution in [0.1, 0.15) is 43.0 Å². The lowest BCUT2D eigenvalue weighted by atomic mass is 9.77. The van der Waals surface area contributed by atoms with Crippen molar-refractivity contribution in [1.82, 2.24) is 0 Å². The normalized spacial score (nSPS) is 25.6. The molecule has 2 bridgehead atoms. The van der Waals surface area contributed by atoms with Gasteiger partial charge in [-0.3, -0.25) is 9.59 Å². The third-order valence-corrected chi connectivity index (χ3v) is 9.96. The van der Waals surface area contributed by atoms with Gasteiger partial charge in [-0.15, -0.1) is 0 Å². The fourth-order valence-electron chi connectivity index (χ4n) is 5.44. The molecule has 38 heavy (non-hydrogen) atoms. The molecular formula is C25H26ClF3N2O6S. The van der Waals surface area contributed by atoms with Crippen molar-refractivity contribution in [3.8, 4) is 0 Å². The number of esters is 1. The molecule has 4 N–H and O–H groups in total. The number of benzene rings is 2. The molecule has 2 fully saturated rings. The maximum atomic E-state index is 13.8. The first-order chi connectivity index (χ1) is 17.7. The number of ether oxygens (including phenoxy) is 1. The predicted octanol–water partition coefficient (Wildman–Crippen LogP) is 3.59. The summed E-state index contributed by atoms with van der Waals surface area (Å²) in [5, 5.41) is 12.2. The SMILES string of the molecule is C[C@H](N)C(=O)OC[C@]1(O)CC2CCC(C1)[C@H]2S(=O)(=O)c1cc(C(=O)Nc2cc(F)c(F)c(F)c2)ccc1Cl. The number of hydrogen-bond acceptors (Lipinski definition) is 7. The number of halogens is 4. The summed E-state index contributed by atoms with van der Waals surface area (Å²) in [5.41, 5.74) is 3.58. The zero-order valence-electron chi connectivity index (χ0n) is 20.2. The largest absolute Gasteiger partial charge is 0.461 e. The van der Waals surface area contributed by atoms with Gasteiger partial charge in [0.1, 0.15) is 12.6 Å². The fraction of sp³-hybridized carbons (Fsp3) is 0.440. The Bertz CT molecular complexity index is 1350. The molecule has 8 nitrogen and oxygen atoms in total. The van der Waals surface area contributed by atoms with Crippen molar-refractivity contribution in [1.29, 1.82) is 0 Å². The van der Waals surface area contributed by atoms with Crippen molar-refractivity contribution in [2.24, 2.45) is 17.6 Å². The van der Waals surface area contributed by atoms with Gasteiger partial charge in [-0.1, -0.05) is 11.6 Å². The van der Waals surface area contributed by atoms with Gasteiger partial charge in [0.05, 0.1) is 20.8 Å². The van der Waals surface area contributed by atoms with E-state index in [1.54, 1.807) is 0 Å². The molecule has 2 aliphatic carbocycles. The van der Waals surface area contributed by atoms with E-state index in [1.165, 1.54) is 19.1 Å². The second-order valence-corrected chi connectivity index (χ2v) is 12.5. The van der Waals surface area contributed by atoms with Crippen LogP contribution >= 0.6 is 11.6 Å². The third kappa shape index (κ3) is 5.54. The van der Waals surface area contributed by atoms with Crippen LogP contribution in [0.5, 0.6) is 0 Å². The van der Waals surface area contributed by atoms with Gasteiger partial charge in [0.2, 0.25) is 0 Å². The topological polar surface area (TPSA) is 136 Å². The number of amides is 1. The predicted molar refractivity (Wildman–Crippen MR) is 132 cm³/mol. The molecule has 2 aromatic rings. The number of anilines is 1. The highest BCUT2D eigenvalue weighted by Crippen LogP contribution is 2.51. The Morgan fingerprint density at radius 2 is 1.74 bits per heavy atom. The number of aliphatic hydroxyl groups is 1. The number of nitrogens with one attached hydrogen (secondary N) is 1. The van der Waals surface area contributed by atoms with Crippen molar-refractivity contribution < 1.29 is 41.0 Å². The first-order valence-corrected chi connectivity index (χ1v) is 13.8. The second-order valence-electron chi connectivity index (χ2n) is 9.99. The summed E-state index contributed by atoms with van der Waals surface area (Å²) in [6.45, 7) is 1.15. The Hall–Kier alpha value is -2.67. The Morgan fingerprint density at radius 1 is 1.16 bits per heavy atom. The molecule has 2 aliphatic rings. The van der Waals surface area contributed by atoms with E-state index >= 15 is 0 Å². The van der Waals surface area contributed by atoms with Gasteiger partial charge in [0, 0.05) is 23.4 Å². The molecule has 3 atom stereocenters. The van der Waals surface area contributed by atoms with Crippen LogP contribution in [-0.4, -0.2) is 48.9 Å². The van der Waals surface area contributed by atoms with E-state index in [2.05, 4.69) is 5.32 Å². The molecule has 2 unspecified atom stereocenters. The van der Waals surface area contributed by atoms with Gasteiger partial charge in [0.15, 0.2) is 27.3 Å². The van der Waals surface area contributed by atoms with Crippen molar-refractivity contribution >= 4 is 39.0 Å². The van der Waals surface area contributed by atoms with Crippen molar-refractivity contribution in [3.05, 3.63) is 58.4 Å². The molecule has 1 amide bonds. The maximum absolute atomic E-state index is 13.8. The lowest BCUT2D eigenvalue weighted by molar-refractivity contribution is -0.156. The summed E-state index contributed by atoms with van der Waals surface area (Å²) in [7, 11) is -4.09. The third-order valence-electron chi connectivity index (χ3n) is 7.08. The molecule has 13 heteroatoms. The van der Waals surface area contributed by atoms with Crippen LogP contribution in [0.3, 0.4) is 0 Å². The maximum Gasteiger partial charge on any atom is 0.322 e. The van der Waals surface area contributed by atoms with Crippen LogP contribution in [0.25, 0.3) is 0 Å². The number of nitrogens with two attached hydrogens (primary N) is 1. The van der Waals surface area contributed by atoms with E-state index in [1.807, 2.05) is 0 Å². The van der Waals surface area contributed by atoms with Crippen LogP contribution in [0.15, 0.2) is 35.2 Å². The van der Waals surface area contributed by atoms with Gasteiger partial charge in [0.25, 0.3) is 5.91 Å². The van der Waals surface area contributed by atoms with E-state index in [0.717, 1.165) is 6.07 Å². The molecule has 0 heterocycles. The Kier molecular flexibility index (Phi) is 7.81. The minimum absolute atomic E-state index is 0.0825. The standard InChI is InChI=1S/C25H26ClF3N2O6S/c1-12(30)24(33)37-11-25(34)9-14-2-3-15(10-25)22(14)38(35,36)20-6-13(4-5-17(20)26)23(32)31-16-7-18(27)21(29)19(28)8-16/h4-8,12,14-15,22,34H,2-3,9-11,30H2,1H3,(H,31,32)/t12-,14?,15?,22-,25-/m0/s1. The molecule has 2 aromatic carbocycles.